The van der Waals surface area contributed by atoms with Crippen LogP contribution in [-0.4, -0.2) is 19.1 Å². The number of carbonyl (C=O) groups is 1. The third-order valence-electron chi connectivity index (χ3n) is 3.67. The van der Waals surface area contributed by atoms with Crippen molar-refractivity contribution in [2.75, 3.05) is 23.8 Å². The van der Waals surface area contributed by atoms with E-state index in [0.29, 0.717) is 23.6 Å². The number of anilines is 2. The van der Waals surface area contributed by atoms with Crippen LogP contribution in [-0.2, 0) is 6.42 Å². The van der Waals surface area contributed by atoms with Gasteiger partial charge in [-0.3, -0.25) is 4.79 Å². The van der Waals surface area contributed by atoms with E-state index >= 15 is 0 Å². The Hall–Kier alpha value is -2.49. The number of ether oxygens (including phenoxy) is 1. The molecule has 0 radical (unpaired) electrons. The summed E-state index contributed by atoms with van der Waals surface area (Å²) in [4.78, 5) is 12.5. The molecule has 1 heterocycles. The van der Waals surface area contributed by atoms with E-state index in [9.17, 15) is 4.79 Å². The van der Waals surface area contributed by atoms with Crippen molar-refractivity contribution >= 4 is 17.3 Å². The number of fused-ring (bicyclic) bond motifs is 1. The van der Waals surface area contributed by atoms with Crippen molar-refractivity contribution in [3.8, 4) is 5.75 Å². The van der Waals surface area contributed by atoms with E-state index in [4.69, 9.17) is 4.74 Å². The second-order valence-electron chi connectivity index (χ2n) is 5.35. The van der Waals surface area contributed by atoms with Crippen molar-refractivity contribution in [3.05, 3.63) is 53.6 Å². The number of benzene rings is 2. The van der Waals surface area contributed by atoms with Gasteiger partial charge in [0.15, 0.2) is 0 Å². The summed E-state index contributed by atoms with van der Waals surface area (Å²) in [7, 11) is 0. The molecule has 1 amide bonds. The van der Waals surface area contributed by atoms with Gasteiger partial charge in [-0.15, -0.1) is 0 Å². The Bertz CT molecular complexity index is 683. The second-order valence-corrected chi connectivity index (χ2v) is 5.35. The maximum absolute atomic E-state index is 12.5. The van der Waals surface area contributed by atoms with Gasteiger partial charge in [0, 0.05) is 17.8 Å². The monoisotopic (exact) mass is 296 g/mol. The molecule has 2 N–H and O–H groups in total. The van der Waals surface area contributed by atoms with Gasteiger partial charge in [0.2, 0.25) is 0 Å². The molecule has 0 bridgehead atoms. The first kappa shape index (κ1) is 14.4. The van der Waals surface area contributed by atoms with Crippen LogP contribution in [0.5, 0.6) is 5.75 Å². The molecule has 0 spiro atoms. The average Bonchev–Trinajstić information content (AvgIpc) is 3.01. The zero-order valence-electron chi connectivity index (χ0n) is 12.7. The van der Waals surface area contributed by atoms with E-state index in [2.05, 4.69) is 17.6 Å². The first-order chi connectivity index (χ1) is 10.8. The standard InChI is InChI=1S/C18H20N2O2/c1-2-11-22-17-6-4-3-5-16(17)20-18(21)14-7-8-15-13(12-14)9-10-19-15/h3-8,12,19H,2,9-11H2,1H3,(H,20,21). The van der Waals surface area contributed by atoms with E-state index in [0.717, 1.165) is 25.1 Å². The average molecular weight is 296 g/mol. The van der Waals surface area contributed by atoms with Gasteiger partial charge in [-0.25, -0.2) is 0 Å². The molecule has 4 nitrogen and oxygen atoms in total. The predicted octanol–water partition coefficient (Wildman–Crippen LogP) is 3.70. The number of amides is 1. The van der Waals surface area contributed by atoms with Crippen LogP contribution in [0.4, 0.5) is 11.4 Å². The fourth-order valence-electron chi connectivity index (χ4n) is 2.55. The largest absolute Gasteiger partial charge is 0.491 e. The van der Waals surface area contributed by atoms with Crippen LogP contribution >= 0.6 is 0 Å². The van der Waals surface area contributed by atoms with Gasteiger partial charge in [-0.1, -0.05) is 19.1 Å². The summed E-state index contributed by atoms with van der Waals surface area (Å²) in [6, 6.07) is 13.3. The molecule has 114 valence electrons. The Labute approximate surface area is 130 Å². The van der Waals surface area contributed by atoms with Crippen molar-refractivity contribution in [2.45, 2.75) is 19.8 Å². The highest BCUT2D eigenvalue weighted by Gasteiger charge is 2.14. The van der Waals surface area contributed by atoms with E-state index in [1.807, 2.05) is 42.5 Å². The van der Waals surface area contributed by atoms with E-state index in [1.54, 1.807) is 0 Å². The minimum absolute atomic E-state index is 0.109. The highest BCUT2D eigenvalue weighted by molar-refractivity contribution is 6.05. The van der Waals surface area contributed by atoms with Crippen LogP contribution in [0.3, 0.4) is 0 Å². The molecule has 3 rings (SSSR count). The predicted molar refractivity (Wildman–Crippen MR) is 88.8 cm³/mol. The molecule has 0 atom stereocenters. The van der Waals surface area contributed by atoms with Crippen LogP contribution in [0.1, 0.15) is 29.3 Å². The van der Waals surface area contributed by atoms with Gasteiger partial charge >= 0.3 is 0 Å². The summed E-state index contributed by atoms with van der Waals surface area (Å²) in [6.45, 7) is 3.63. The summed E-state index contributed by atoms with van der Waals surface area (Å²) in [6.07, 6.45) is 1.90. The zero-order valence-corrected chi connectivity index (χ0v) is 12.7. The van der Waals surface area contributed by atoms with Crippen LogP contribution in [0, 0.1) is 0 Å². The number of para-hydroxylation sites is 2. The van der Waals surface area contributed by atoms with Crippen molar-refractivity contribution in [1.82, 2.24) is 0 Å². The summed E-state index contributed by atoms with van der Waals surface area (Å²) in [5.41, 5.74) is 3.71. The molecule has 2 aromatic carbocycles. The lowest BCUT2D eigenvalue weighted by atomic mass is 10.1. The summed E-state index contributed by atoms with van der Waals surface area (Å²) >= 11 is 0. The maximum Gasteiger partial charge on any atom is 0.255 e. The topological polar surface area (TPSA) is 50.4 Å². The summed E-state index contributed by atoms with van der Waals surface area (Å²) in [5.74, 6) is 0.600. The van der Waals surface area contributed by atoms with Gasteiger partial charge < -0.3 is 15.4 Å². The number of nitrogens with one attached hydrogen (secondary N) is 2. The minimum Gasteiger partial charge on any atom is -0.491 e. The Balaban J connectivity index is 1.77. The summed E-state index contributed by atoms with van der Waals surface area (Å²) < 4.78 is 5.67. The first-order valence-electron chi connectivity index (χ1n) is 7.68. The van der Waals surface area contributed by atoms with Crippen molar-refractivity contribution < 1.29 is 9.53 Å². The minimum atomic E-state index is -0.109. The quantitative estimate of drug-likeness (QED) is 0.884. The molecule has 0 saturated heterocycles. The highest BCUT2D eigenvalue weighted by Crippen LogP contribution is 2.26. The molecule has 4 heteroatoms. The number of carbonyl (C=O) groups excluding carboxylic acids is 1. The lowest BCUT2D eigenvalue weighted by Gasteiger charge is -2.12. The third kappa shape index (κ3) is 3.06. The smallest absolute Gasteiger partial charge is 0.255 e. The fraction of sp³-hybridized carbons (Fsp3) is 0.278. The van der Waals surface area contributed by atoms with Crippen LogP contribution in [0.2, 0.25) is 0 Å². The van der Waals surface area contributed by atoms with Gasteiger partial charge in [-0.05, 0) is 48.7 Å². The molecule has 0 aromatic heterocycles. The molecule has 1 aliphatic rings. The molecule has 1 aliphatic heterocycles. The van der Waals surface area contributed by atoms with E-state index < -0.39 is 0 Å². The van der Waals surface area contributed by atoms with Crippen molar-refractivity contribution in [1.29, 1.82) is 0 Å². The molecule has 22 heavy (non-hydrogen) atoms. The Kier molecular flexibility index (Phi) is 4.28. The molecule has 0 saturated carbocycles. The highest BCUT2D eigenvalue weighted by atomic mass is 16.5. The van der Waals surface area contributed by atoms with E-state index in [-0.39, 0.29) is 5.91 Å². The molecule has 0 fully saturated rings. The number of hydrogen-bond acceptors (Lipinski definition) is 3. The lowest BCUT2D eigenvalue weighted by Crippen LogP contribution is -2.13. The van der Waals surface area contributed by atoms with E-state index in [1.165, 1.54) is 5.56 Å². The fourth-order valence-corrected chi connectivity index (χ4v) is 2.55. The van der Waals surface area contributed by atoms with Gasteiger partial charge in [0.25, 0.3) is 5.91 Å². The SMILES string of the molecule is CCCOc1ccccc1NC(=O)c1ccc2c(c1)CCN2. The van der Waals surface area contributed by atoms with Gasteiger partial charge in [-0.2, -0.15) is 0 Å². The van der Waals surface area contributed by atoms with Gasteiger partial charge in [0.05, 0.1) is 12.3 Å². The first-order valence-corrected chi connectivity index (χ1v) is 7.68. The zero-order chi connectivity index (χ0) is 15.4. The number of hydrogen-bond donors (Lipinski definition) is 2. The maximum atomic E-state index is 12.5. The van der Waals surface area contributed by atoms with Crippen LogP contribution < -0.4 is 15.4 Å². The Morgan fingerprint density at radius 3 is 3.00 bits per heavy atom. The Morgan fingerprint density at radius 2 is 2.14 bits per heavy atom. The van der Waals surface area contributed by atoms with Crippen LogP contribution in [0.15, 0.2) is 42.5 Å². The molecule has 0 aliphatic carbocycles. The lowest BCUT2D eigenvalue weighted by molar-refractivity contribution is 0.102. The second kappa shape index (κ2) is 6.52. The molecular weight excluding hydrogens is 276 g/mol. The van der Waals surface area contributed by atoms with Crippen molar-refractivity contribution in [2.24, 2.45) is 0 Å². The van der Waals surface area contributed by atoms with Crippen LogP contribution in [0.25, 0.3) is 0 Å². The third-order valence-corrected chi connectivity index (χ3v) is 3.67. The summed E-state index contributed by atoms with van der Waals surface area (Å²) in [5, 5.41) is 6.24. The Morgan fingerprint density at radius 1 is 1.27 bits per heavy atom. The number of rotatable bonds is 5. The molecular formula is C18H20N2O2. The van der Waals surface area contributed by atoms with Crippen molar-refractivity contribution in [3.63, 3.8) is 0 Å². The van der Waals surface area contributed by atoms with Gasteiger partial charge in [0.1, 0.15) is 5.75 Å². The normalized spacial score (nSPS) is 12.4. The molecule has 0 unspecified atom stereocenters. The molecule has 2 aromatic rings.